The van der Waals surface area contributed by atoms with Gasteiger partial charge in [-0.1, -0.05) is 41.9 Å². The molecule has 0 radical (unpaired) electrons. The smallest absolute Gasteiger partial charge is 0.264 e. The SMILES string of the molecule is C=CCOc1c(I)cc(/C=C2\SC(=Nc3cccc(Cl)c3Cl)NC2=O)cc1OCC. The Hall–Kier alpha value is -1.68. The zero-order valence-corrected chi connectivity index (χ0v) is 20.4. The van der Waals surface area contributed by atoms with Gasteiger partial charge in [0.2, 0.25) is 0 Å². The molecule has 0 aromatic heterocycles. The molecule has 1 fully saturated rings. The maximum Gasteiger partial charge on any atom is 0.264 e. The quantitative estimate of drug-likeness (QED) is 0.234. The summed E-state index contributed by atoms with van der Waals surface area (Å²) in [5.41, 5.74) is 1.30. The van der Waals surface area contributed by atoms with E-state index in [0.717, 1.165) is 9.13 Å². The van der Waals surface area contributed by atoms with Crippen molar-refractivity contribution in [3.63, 3.8) is 0 Å². The molecule has 1 saturated heterocycles. The lowest BCUT2D eigenvalue weighted by Crippen LogP contribution is -2.19. The number of carbonyl (C=O) groups excluding carboxylic acids is 1. The molecule has 1 aliphatic heterocycles. The number of hydrogen-bond acceptors (Lipinski definition) is 5. The van der Waals surface area contributed by atoms with Gasteiger partial charge in [-0.2, -0.15) is 0 Å². The molecular weight excluding hydrogens is 558 g/mol. The third-order valence-corrected chi connectivity index (χ3v) is 6.30. The minimum atomic E-state index is -0.239. The van der Waals surface area contributed by atoms with Crippen molar-refractivity contribution in [1.29, 1.82) is 0 Å². The van der Waals surface area contributed by atoms with E-state index in [-0.39, 0.29) is 5.91 Å². The van der Waals surface area contributed by atoms with E-state index in [2.05, 4.69) is 39.5 Å². The zero-order chi connectivity index (χ0) is 21.7. The number of benzene rings is 2. The summed E-state index contributed by atoms with van der Waals surface area (Å²) >= 11 is 15.6. The van der Waals surface area contributed by atoms with Crippen LogP contribution in [0.15, 0.2) is 52.9 Å². The van der Waals surface area contributed by atoms with Crippen LogP contribution in [0.3, 0.4) is 0 Å². The number of carbonyl (C=O) groups is 1. The molecule has 2 aromatic carbocycles. The molecule has 5 nitrogen and oxygen atoms in total. The molecule has 9 heteroatoms. The molecule has 0 spiro atoms. The number of nitrogens with zero attached hydrogens (tertiary/aromatic N) is 1. The van der Waals surface area contributed by atoms with Crippen molar-refractivity contribution in [2.45, 2.75) is 6.92 Å². The second-order valence-corrected chi connectivity index (χ2v) is 8.90. The molecular formula is C21H17Cl2IN2O3S. The van der Waals surface area contributed by atoms with Crippen LogP contribution in [0.25, 0.3) is 6.08 Å². The van der Waals surface area contributed by atoms with E-state index in [1.54, 1.807) is 30.4 Å². The van der Waals surface area contributed by atoms with Gasteiger partial charge in [0.05, 0.1) is 30.8 Å². The summed E-state index contributed by atoms with van der Waals surface area (Å²) in [6.45, 7) is 6.44. The first-order valence-corrected chi connectivity index (χ1v) is 11.5. The lowest BCUT2D eigenvalue weighted by atomic mass is 10.2. The highest BCUT2D eigenvalue weighted by atomic mass is 127. The number of thioether (sulfide) groups is 1. The molecule has 1 heterocycles. The van der Waals surface area contributed by atoms with Gasteiger partial charge in [0.25, 0.3) is 5.91 Å². The van der Waals surface area contributed by atoms with Crippen molar-refractivity contribution in [1.82, 2.24) is 5.32 Å². The molecule has 0 atom stereocenters. The molecule has 1 N–H and O–H groups in total. The summed E-state index contributed by atoms with van der Waals surface area (Å²) in [4.78, 5) is 17.3. The van der Waals surface area contributed by atoms with Crippen LogP contribution in [0.5, 0.6) is 11.5 Å². The summed E-state index contributed by atoms with van der Waals surface area (Å²) in [6, 6.07) is 8.92. The Labute approximate surface area is 202 Å². The number of hydrogen-bond donors (Lipinski definition) is 1. The van der Waals surface area contributed by atoms with Crippen molar-refractivity contribution in [3.05, 3.63) is 67.1 Å². The van der Waals surface area contributed by atoms with Crippen LogP contribution in [-0.2, 0) is 4.79 Å². The molecule has 156 valence electrons. The van der Waals surface area contributed by atoms with E-state index < -0.39 is 0 Å². The Morgan fingerprint density at radius 1 is 1.30 bits per heavy atom. The van der Waals surface area contributed by atoms with Crippen LogP contribution < -0.4 is 14.8 Å². The van der Waals surface area contributed by atoms with Gasteiger partial charge in [0, 0.05) is 0 Å². The van der Waals surface area contributed by atoms with Crippen molar-refractivity contribution >= 4 is 80.4 Å². The van der Waals surface area contributed by atoms with Gasteiger partial charge in [0.1, 0.15) is 6.61 Å². The zero-order valence-electron chi connectivity index (χ0n) is 15.9. The van der Waals surface area contributed by atoms with Crippen molar-refractivity contribution < 1.29 is 14.3 Å². The summed E-state index contributed by atoms with van der Waals surface area (Å²) in [5, 5.41) is 3.92. The first-order chi connectivity index (χ1) is 14.4. The van der Waals surface area contributed by atoms with Gasteiger partial charge in [0.15, 0.2) is 16.7 Å². The Balaban J connectivity index is 1.89. The number of halogens is 3. The second kappa shape index (κ2) is 10.6. The predicted octanol–water partition coefficient (Wildman–Crippen LogP) is 6.45. The van der Waals surface area contributed by atoms with Crippen LogP contribution in [0.4, 0.5) is 5.69 Å². The maximum absolute atomic E-state index is 12.4. The third-order valence-electron chi connectivity index (χ3n) is 3.78. The van der Waals surface area contributed by atoms with Crippen LogP contribution in [0, 0.1) is 3.57 Å². The number of amides is 1. The molecule has 0 aliphatic carbocycles. The Bertz CT molecular complexity index is 1060. The van der Waals surface area contributed by atoms with Gasteiger partial charge in [-0.25, -0.2) is 4.99 Å². The average molecular weight is 575 g/mol. The molecule has 30 heavy (non-hydrogen) atoms. The molecule has 3 rings (SSSR count). The van der Waals surface area contributed by atoms with E-state index in [1.165, 1.54) is 11.8 Å². The first kappa shape index (κ1) is 23.0. The number of aliphatic imine (C=N–C) groups is 1. The lowest BCUT2D eigenvalue weighted by Gasteiger charge is -2.13. The molecule has 0 unspecified atom stereocenters. The van der Waals surface area contributed by atoms with Crippen molar-refractivity contribution in [2.75, 3.05) is 13.2 Å². The van der Waals surface area contributed by atoms with E-state index in [1.807, 2.05) is 19.1 Å². The van der Waals surface area contributed by atoms with Crippen molar-refractivity contribution in [2.24, 2.45) is 4.99 Å². The summed E-state index contributed by atoms with van der Waals surface area (Å²) in [7, 11) is 0. The maximum atomic E-state index is 12.4. The van der Waals surface area contributed by atoms with Crippen LogP contribution in [0.1, 0.15) is 12.5 Å². The third kappa shape index (κ3) is 5.51. The van der Waals surface area contributed by atoms with Crippen LogP contribution in [0.2, 0.25) is 10.0 Å². The average Bonchev–Trinajstić information content (AvgIpc) is 3.04. The Kier molecular flexibility index (Phi) is 8.10. The molecule has 0 bridgehead atoms. The predicted molar refractivity (Wildman–Crippen MR) is 133 cm³/mol. The number of ether oxygens (including phenoxy) is 2. The topological polar surface area (TPSA) is 59.9 Å². The largest absolute Gasteiger partial charge is 0.490 e. The van der Waals surface area contributed by atoms with E-state index >= 15 is 0 Å². The lowest BCUT2D eigenvalue weighted by molar-refractivity contribution is -0.115. The fourth-order valence-corrected chi connectivity index (χ4v) is 4.49. The normalized spacial score (nSPS) is 16.1. The second-order valence-electron chi connectivity index (χ2n) is 5.92. The summed E-state index contributed by atoms with van der Waals surface area (Å²) < 4.78 is 12.3. The number of rotatable bonds is 7. The Morgan fingerprint density at radius 3 is 2.83 bits per heavy atom. The van der Waals surface area contributed by atoms with Gasteiger partial charge in [-0.3, -0.25) is 4.79 Å². The van der Waals surface area contributed by atoms with E-state index in [9.17, 15) is 4.79 Å². The monoisotopic (exact) mass is 574 g/mol. The van der Waals surface area contributed by atoms with E-state index in [4.69, 9.17) is 32.7 Å². The van der Waals surface area contributed by atoms with Gasteiger partial charge >= 0.3 is 0 Å². The van der Waals surface area contributed by atoms with Crippen molar-refractivity contribution in [3.8, 4) is 11.5 Å². The van der Waals surface area contributed by atoms with Gasteiger partial charge < -0.3 is 14.8 Å². The number of nitrogens with one attached hydrogen (secondary N) is 1. The molecule has 0 saturated carbocycles. The van der Waals surface area contributed by atoms with Gasteiger partial charge in [-0.15, -0.1) is 0 Å². The minimum Gasteiger partial charge on any atom is -0.490 e. The molecule has 1 aliphatic rings. The Morgan fingerprint density at radius 2 is 2.10 bits per heavy atom. The summed E-state index contributed by atoms with van der Waals surface area (Å²) in [6.07, 6.45) is 3.46. The fraction of sp³-hybridized carbons (Fsp3) is 0.143. The highest BCUT2D eigenvalue weighted by Gasteiger charge is 2.24. The highest BCUT2D eigenvalue weighted by Crippen LogP contribution is 2.37. The highest BCUT2D eigenvalue weighted by molar-refractivity contribution is 14.1. The first-order valence-electron chi connectivity index (χ1n) is 8.86. The van der Waals surface area contributed by atoms with E-state index in [0.29, 0.717) is 50.5 Å². The standard InChI is InChI=1S/C21H17Cl2IN2O3S/c1-3-8-29-19-14(24)9-12(10-16(19)28-4-2)11-17-20(27)26-21(30-17)25-15-7-5-6-13(22)18(15)23/h3,5-7,9-11H,1,4,8H2,2H3,(H,25,26,27)/b17-11-. The molecule has 1 amide bonds. The minimum absolute atomic E-state index is 0.239. The number of amidine groups is 1. The van der Waals surface area contributed by atoms with Crippen LogP contribution in [-0.4, -0.2) is 24.3 Å². The van der Waals surface area contributed by atoms with Crippen LogP contribution >= 0.6 is 57.6 Å². The van der Waals surface area contributed by atoms with Gasteiger partial charge in [-0.05, 0) is 77.2 Å². The fourth-order valence-electron chi connectivity index (χ4n) is 2.54. The summed E-state index contributed by atoms with van der Waals surface area (Å²) in [5.74, 6) is 1.03. The molecule has 2 aromatic rings.